The van der Waals surface area contributed by atoms with Crippen LogP contribution in [-0.2, 0) is 0 Å². The molecule has 0 saturated carbocycles. The second kappa shape index (κ2) is 9.53. The molecule has 0 aromatic carbocycles. The van der Waals surface area contributed by atoms with Gasteiger partial charge in [-0.15, -0.1) is 0 Å². The van der Waals surface area contributed by atoms with E-state index in [1.165, 1.54) is 19.3 Å². The van der Waals surface area contributed by atoms with Crippen molar-refractivity contribution in [2.45, 2.75) is 89.3 Å². The van der Waals surface area contributed by atoms with E-state index < -0.39 is 24.6 Å². The number of hydrogen-bond acceptors (Lipinski definition) is 1. The highest BCUT2D eigenvalue weighted by molar-refractivity contribution is 4.83. The van der Waals surface area contributed by atoms with Gasteiger partial charge in [0, 0.05) is 0 Å². The molecule has 1 nitrogen and oxygen atoms in total. The van der Waals surface area contributed by atoms with Gasteiger partial charge in [-0.2, -0.15) is 17.6 Å². The number of unbranched alkanes of at least 4 members (excludes halogenated alkanes) is 8. The first-order chi connectivity index (χ1) is 9.23. The van der Waals surface area contributed by atoms with Gasteiger partial charge in [0.15, 0.2) is 6.17 Å². The van der Waals surface area contributed by atoms with Crippen LogP contribution in [0, 0.1) is 0 Å². The molecule has 1 unspecified atom stereocenters. The molecule has 0 bridgehead atoms. The van der Waals surface area contributed by atoms with Crippen LogP contribution in [0.3, 0.4) is 0 Å². The molecule has 0 radical (unpaired) electrons. The van der Waals surface area contributed by atoms with Crippen LogP contribution in [0.4, 0.5) is 22.0 Å². The minimum Gasteiger partial charge on any atom is -0.331 e. The van der Waals surface area contributed by atoms with Gasteiger partial charge in [0.05, 0.1) is 0 Å². The van der Waals surface area contributed by atoms with E-state index in [0.717, 1.165) is 25.7 Å². The molecule has 0 spiro atoms. The zero-order chi connectivity index (χ0) is 15.6. The van der Waals surface area contributed by atoms with Crippen molar-refractivity contribution in [3.8, 4) is 0 Å². The van der Waals surface area contributed by atoms with Crippen molar-refractivity contribution >= 4 is 0 Å². The molecule has 20 heavy (non-hydrogen) atoms. The highest BCUT2D eigenvalue weighted by Gasteiger charge is 2.60. The number of rotatable bonds is 12. The standard InChI is InChI=1S/C14H25F5O/c1-2-3-4-5-6-7-8-9-10-11-12(15)13(16,17)14(18,19)20/h12,20H,2-11H2,1H3. The predicted molar refractivity (Wildman–Crippen MR) is 68.9 cm³/mol. The molecule has 0 aliphatic carbocycles. The summed E-state index contributed by atoms with van der Waals surface area (Å²) in [6.07, 6.45) is -0.803. The fourth-order valence-corrected chi connectivity index (χ4v) is 2.00. The Morgan fingerprint density at radius 2 is 1.20 bits per heavy atom. The summed E-state index contributed by atoms with van der Waals surface area (Å²) in [6.45, 7) is 2.12. The Morgan fingerprint density at radius 3 is 1.60 bits per heavy atom. The summed E-state index contributed by atoms with van der Waals surface area (Å²) in [7, 11) is 0. The van der Waals surface area contributed by atoms with E-state index in [-0.39, 0.29) is 6.42 Å². The predicted octanol–water partition coefficient (Wildman–Crippen LogP) is 5.47. The first-order valence-electron chi connectivity index (χ1n) is 7.35. The lowest BCUT2D eigenvalue weighted by Crippen LogP contribution is -2.47. The van der Waals surface area contributed by atoms with Crippen LogP contribution in [0.2, 0.25) is 0 Å². The monoisotopic (exact) mass is 304 g/mol. The Bertz CT molecular complexity index is 240. The summed E-state index contributed by atoms with van der Waals surface area (Å²) in [5.74, 6) is -5.01. The van der Waals surface area contributed by atoms with Gasteiger partial charge in [0.25, 0.3) is 0 Å². The maximum atomic E-state index is 13.0. The number of hydrogen-bond donors (Lipinski definition) is 1. The lowest BCUT2D eigenvalue weighted by atomic mass is 10.0. The van der Waals surface area contributed by atoms with Crippen LogP contribution in [0.15, 0.2) is 0 Å². The second-order valence-electron chi connectivity index (χ2n) is 5.25. The average molecular weight is 304 g/mol. The third-order valence-electron chi connectivity index (χ3n) is 3.36. The lowest BCUT2D eigenvalue weighted by molar-refractivity contribution is -0.342. The minimum atomic E-state index is -5.30. The summed E-state index contributed by atoms with van der Waals surface area (Å²) in [6, 6.07) is 0. The van der Waals surface area contributed by atoms with Crippen molar-refractivity contribution < 1.29 is 27.1 Å². The lowest BCUT2D eigenvalue weighted by Gasteiger charge is -2.24. The largest absolute Gasteiger partial charge is 0.420 e. The number of aliphatic hydroxyl groups is 1. The van der Waals surface area contributed by atoms with Crippen LogP contribution >= 0.6 is 0 Å². The Labute approximate surface area is 117 Å². The molecule has 0 aromatic rings. The fourth-order valence-electron chi connectivity index (χ4n) is 2.00. The molecule has 0 saturated heterocycles. The first-order valence-corrected chi connectivity index (χ1v) is 7.35. The van der Waals surface area contributed by atoms with Crippen molar-refractivity contribution in [3.05, 3.63) is 0 Å². The van der Waals surface area contributed by atoms with E-state index in [1.807, 2.05) is 0 Å². The van der Waals surface area contributed by atoms with Crippen molar-refractivity contribution in [3.63, 3.8) is 0 Å². The summed E-state index contributed by atoms with van der Waals surface area (Å²) in [5, 5.41) is 7.94. The Balaban J connectivity index is 3.60. The third kappa shape index (κ3) is 7.41. The number of alkyl halides is 5. The zero-order valence-electron chi connectivity index (χ0n) is 12.0. The second-order valence-corrected chi connectivity index (χ2v) is 5.25. The van der Waals surface area contributed by atoms with Gasteiger partial charge in [0.1, 0.15) is 0 Å². The molecule has 0 aromatic heterocycles. The molecule has 0 rings (SSSR count). The Morgan fingerprint density at radius 1 is 0.800 bits per heavy atom. The van der Waals surface area contributed by atoms with E-state index in [1.54, 1.807) is 0 Å². The molecule has 6 heteroatoms. The van der Waals surface area contributed by atoms with Crippen LogP contribution in [0.1, 0.15) is 71.1 Å². The van der Waals surface area contributed by atoms with Gasteiger partial charge in [-0.1, -0.05) is 64.7 Å². The Kier molecular flexibility index (Phi) is 9.34. The fraction of sp³-hybridized carbons (Fsp3) is 1.00. The molecule has 0 aliphatic rings. The summed E-state index contributed by atoms with van der Waals surface area (Å²) >= 11 is 0. The van der Waals surface area contributed by atoms with E-state index in [0.29, 0.717) is 6.42 Å². The molecule has 122 valence electrons. The van der Waals surface area contributed by atoms with E-state index in [9.17, 15) is 22.0 Å². The molecule has 0 amide bonds. The summed E-state index contributed by atoms with van der Waals surface area (Å²) in [5.41, 5.74) is 0. The smallest absolute Gasteiger partial charge is 0.331 e. The van der Waals surface area contributed by atoms with Crippen molar-refractivity contribution in [1.82, 2.24) is 0 Å². The molecule has 0 fully saturated rings. The highest BCUT2D eigenvalue weighted by Crippen LogP contribution is 2.38. The van der Waals surface area contributed by atoms with Crippen molar-refractivity contribution in [2.75, 3.05) is 0 Å². The maximum absolute atomic E-state index is 13.0. The van der Waals surface area contributed by atoms with E-state index in [4.69, 9.17) is 5.11 Å². The quantitative estimate of drug-likeness (QED) is 0.374. The number of halogens is 5. The van der Waals surface area contributed by atoms with Gasteiger partial charge in [-0.05, 0) is 6.42 Å². The normalized spacial score (nSPS) is 14.6. The zero-order valence-corrected chi connectivity index (χ0v) is 12.0. The molecule has 1 N–H and O–H groups in total. The molecule has 1 atom stereocenters. The SMILES string of the molecule is CCCCCCCCCCCC(F)C(F)(F)C(O)(F)F. The van der Waals surface area contributed by atoms with Crippen molar-refractivity contribution in [1.29, 1.82) is 0 Å². The third-order valence-corrected chi connectivity index (χ3v) is 3.36. The summed E-state index contributed by atoms with van der Waals surface area (Å²) in [4.78, 5) is 0. The Hall–Kier alpha value is -0.390. The van der Waals surface area contributed by atoms with Gasteiger partial charge < -0.3 is 5.11 Å². The maximum Gasteiger partial charge on any atom is 0.420 e. The van der Waals surface area contributed by atoms with Crippen LogP contribution in [-0.4, -0.2) is 23.3 Å². The van der Waals surface area contributed by atoms with E-state index >= 15 is 0 Å². The highest BCUT2D eigenvalue weighted by atomic mass is 19.3. The minimum absolute atomic E-state index is 0.127. The topological polar surface area (TPSA) is 20.2 Å². The van der Waals surface area contributed by atoms with Gasteiger partial charge in [0.2, 0.25) is 0 Å². The molecule has 0 aliphatic heterocycles. The van der Waals surface area contributed by atoms with Gasteiger partial charge in [-0.25, -0.2) is 4.39 Å². The van der Waals surface area contributed by atoms with E-state index in [2.05, 4.69) is 6.92 Å². The van der Waals surface area contributed by atoms with Crippen LogP contribution in [0.5, 0.6) is 0 Å². The molecular formula is C14H25F5O. The van der Waals surface area contributed by atoms with Gasteiger partial charge >= 0.3 is 12.0 Å². The first kappa shape index (κ1) is 19.6. The van der Waals surface area contributed by atoms with Crippen molar-refractivity contribution in [2.24, 2.45) is 0 Å². The van der Waals surface area contributed by atoms with Crippen LogP contribution in [0.25, 0.3) is 0 Å². The van der Waals surface area contributed by atoms with Crippen LogP contribution < -0.4 is 0 Å². The average Bonchev–Trinajstić information content (AvgIpc) is 2.35. The summed E-state index contributed by atoms with van der Waals surface area (Å²) < 4.78 is 62.6. The molecule has 0 heterocycles. The van der Waals surface area contributed by atoms with Gasteiger partial charge in [-0.3, -0.25) is 0 Å². The molecular weight excluding hydrogens is 279 g/mol.